The first kappa shape index (κ1) is 15.1. The Morgan fingerprint density at radius 2 is 2.11 bits per heavy atom. The number of carboxylic acid groups (broad SMARTS) is 1. The van der Waals surface area contributed by atoms with Crippen LogP contribution in [0.15, 0.2) is 0 Å². The van der Waals surface area contributed by atoms with E-state index < -0.39 is 12.0 Å². The van der Waals surface area contributed by atoms with Gasteiger partial charge in [0.25, 0.3) is 0 Å². The van der Waals surface area contributed by atoms with Gasteiger partial charge in [0.2, 0.25) is 0 Å². The summed E-state index contributed by atoms with van der Waals surface area (Å²) in [5.74, 6) is -0.255. The predicted molar refractivity (Wildman–Crippen MR) is 73.0 cm³/mol. The van der Waals surface area contributed by atoms with Gasteiger partial charge in [-0.2, -0.15) is 11.8 Å². The molecule has 18 heavy (non-hydrogen) atoms. The fraction of sp³-hybridized carbons (Fsp3) is 0.833. The zero-order valence-electron chi connectivity index (χ0n) is 11.0. The maximum Gasteiger partial charge on any atom is 0.326 e. The highest BCUT2D eigenvalue weighted by Gasteiger charge is 2.37. The lowest BCUT2D eigenvalue weighted by molar-refractivity contribution is -0.139. The third-order valence-corrected chi connectivity index (χ3v) is 4.22. The molecule has 0 aromatic heterocycles. The lowest BCUT2D eigenvalue weighted by atomic mass is 9.75. The summed E-state index contributed by atoms with van der Waals surface area (Å²) in [6.45, 7) is 2.04. The minimum absolute atomic E-state index is 0.105. The molecule has 0 heterocycles. The Morgan fingerprint density at radius 3 is 2.50 bits per heavy atom. The van der Waals surface area contributed by atoms with Crippen molar-refractivity contribution in [3.8, 4) is 0 Å². The Morgan fingerprint density at radius 1 is 1.44 bits per heavy atom. The second-order valence-corrected chi connectivity index (χ2v) is 5.74. The number of hydrogen-bond acceptors (Lipinski definition) is 3. The quantitative estimate of drug-likeness (QED) is 0.662. The van der Waals surface area contributed by atoms with Gasteiger partial charge in [-0.05, 0) is 44.1 Å². The molecule has 104 valence electrons. The number of carboxylic acids is 1. The van der Waals surface area contributed by atoms with Gasteiger partial charge in [-0.25, -0.2) is 9.59 Å². The molecule has 1 fully saturated rings. The van der Waals surface area contributed by atoms with Gasteiger partial charge in [0.1, 0.15) is 6.04 Å². The van der Waals surface area contributed by atoms with E-state index in [1.807, 2.05) is 13.2 Å². The van der Waals surface area contributed by atoms with Crippen LogP contribution in [0.5, 0.6) is 0 Å². The van der Waals surface area contributed by atoms with Gasteiger partial charge in [-0.1, -0.05) is 6.92 Å². The number of amides is 2. The average Bonchev–Trinajstić information content (AvgIpc) is 2.28. The number of rotatable bonds is 7. The SMILES string of the molecule is CCC1(NC(=O)NC(CCSC)C(=O)O)CCC1. The summed E-state index contributed by atoms with van der Waals surface area (Å²) >= 11 is 1.57. The lowest BCUT2D eigenvalue weighted by Crippen LogP contribution is -2.58. The molecule has 2 amide bonds. The van der Waals surface area contributed by atoms with Crippen LogP contribution in [-0.4, -0.2) is 40.7 Å². The predicted octanol–water partition coefficient (Wildman–Crippen LogP) is 1.82. The van der Waals surface area contributed by atoms with Crippen molar-refractivity contribution in [2.75, 3.05) is 12.0 Å². The van der Waals surface area contributed by atoms with Crippen LogP contribution < -0.4 is 10.6 Å². The van der Waals surface area contributed by atoms with E-state index in [2.05, 4.69) is 10.6 Å². The van der Waals surface area contributed by atoms with E-state index in [-0.39, 0.29) is 11.6 Å². The van der Waals surface area contributed by atoms with Crippen LogP contribution in [0.2, 0.25) is 0 Å². The molecule has 5 nitrogen and oxygen atoms in total. The average molecular weight is 274 g/mol. The van der Waals surface area contributed by atoms with E-state index in [1.165, 1.54) is 0 Å². The van der Waals surface area contributed by atoms with Crippen molar-refractivity contribution in [1.29, 1.82) is 0 Å². The van der Waals surface area contributed by atoms with E-state index in [1.54, 1.807) is 11.8 Å². The van der Waals surface area contributed by atoms with Gasteiger partial charge < -0.3 is 15.7 Å². The summed E-state index contributed by atoms with van der Waals surface area (Å²) in [7, 11) is 0. The smallest absolute Gasteiger partial charge is 0.326 e. The molecule has 0 aromatic rings. The fourth-order valence-electron chi connectivity index (χ4n) is 2.10. The Bertz CT molecular complexity index is 300. The molecule has 1 aliphatic rings. The Balaban J connectivity index is 2.43. The van der Waals surface area contributed by atoms with Crippen LogP contribution in [0, 0.1) is 0 Å². The summed E-state index contributed by atoms with van der Waals surface area (Å²) in [5, 5.41) is 14.5. The van der Waals surface area contributed by atoms with Crippen LogP contribution in [0.4, 0.5) is 4.79 Å². The Labute approximate surface area is 112 Å². The van der Waals surface area contributed by atoms with Crippen LogP contribution in [0.3, 0.4) is 0 Å². The number of thioether (sulfide) groups is 1. The third kappa shape index (κ3) is 4.08. The molecule has 6 heteroatoms. The second-order valence-electron chi connectivity index (χ2n) is 4.76. The number of hydrogen-bond donors (Lipinski definition) is 3. The van der Waals surface area contributed by atoms with Gasteiger partial charge in [0.15, 0.2) is 0 Å². The first-order valence-corrected chi connectivity index (χ1v) is 7.73. The first-order valence-electron chi connectivity index (χ1n) is 6.33. The van der Waals surface area contributed by atoms with Crippen molar-refractivity contribution < 1.29 is 14.7 Å². The molecule has 0 aromatic carbocycles. The van der Waals surface area contributed by atoms with Gasteiger partial charge in [-0.15, -0.1) is 0 Å². The normalized spacial score (nSPS) is 18.6. The molecule has 3 N–H and O–H groups in total. The molecule has 1 unspecified atom stereocenters. The molecule has 0 spiro atoms. The zero-order valence-corrected chi connectivity index (χ0v) is 11.8. The summed E-state index contributed by atoms with van der Waals surface area (Å²) in [6, 6.07) is -1.16. The van der Waals surface area contributed by atoms with E-state index in [9.17, 15) is 9.59 Å². The standard InChI is InChI=1S/C12H22N2O3S/c1-3-12(6-4-7-12)14-11(17)13-9(10(15)16)5-8-18-2/h9H,3-8H2,1-2H3,(H,15,16)(H2,13,14,17). The second kappa shape index (κ2) is 6.87. The van der Waals surface area contributed by atoms with Crippen molar-refractivity contribution in [3.05, 3.63) is 0 Å². The highest BCUT2D eigenvalue weighted by atomic mass is 32.2. The van der Waals surface area contributed by atoms with Crippen molar-refractivity contribution in [1.82, 2.24) is 10.6 Å². The summed E-state index contributed by atoms with van der Waals surface area (Å²) in [5.41, 5.74) is -0.105. The highest BCUT2D eigenvalue weighted by Crippen LogP contribution is 2.34. The van der Waals surface area contributed by atoms with Gasteiger partial charge in [-0.3, -0.25) is 0 Å². The van der Waals surface area contributed by atoms with Gasteiger partial charge in [0, 0.05) is 5.54 Å². The molecular weight excluding hydrogens is 252 g/mol. The van der Waals surface area contributed by atoms with Crippen LogP contribution in [0.1, 0.15) is 39.0 Å². The van der Waals surface area contributed by atoms with Gasteiger partial charge >= 0.3 is 12.0 Å². The molecule has 1 rings (SSSR count). The Hall–Kier alpha value is -0.910. The van der Waals surface area contributed by atoms with Crippen LogP contribution >= 0.6 is 11.8 Å². The topological polar surface area (TPSA) is 78.4 Å². The van der Waals surface area contributed by atoms with Crippen LogP contribution in [-0.2, 0) is 4.79 Å². The van der Waals surface area contributed by atoms with Crippen molar-refractivity contribution >= 4 is 23.8 Å². The lowest BCUT2D eigenvalue weighted by Gasteiger charge is -2.42. The van der Waals surface area contributed by atoms with E-state index in [0.29, 0.717) is 6.42 Å². The number of aliphatic carboxylic acids is 1. The monoisotopic (exact) mass is 274 g/mol. The van der Waals surface area contributed by atoms with Crippen molar-refractivity contribution in [2.45, 2.75) is 50.6 Å². The zero-order chi connectivity index (χ0) is 13.6. The van der Waals surface area contributed by atoms with Gasteiger partial charge in [0.05, 0.1) is 0 Å². The number of carbonyl (C=O) groups is 2. The molecule has 1 aliphatic carbocycles. The minimum atomic E-state index is -0.974. The highest BCUT2D eigenvalue weighted by molar-refractivity contribution is 7.98. The van der Waals surface area contributed by atoms with E-state index in [4.69, 9.17) is 5.11 Å². The molecular formula is C12H22N2O3S. The molecule has 0 bridgehead atoms. The third-order valence-electron chi connectivity index (χ3n) is 3.58. The minimum Gasteiger partial charge on any atom is -0.480 e. The maximum absolute atomic E-state index is 11.8. The number of carbonyl (C=O) groups excluding carboxylic acids is 1. The Kier molecular flexibility index (Phi) is 5.78. The van der Waals surface area contributed by atoms with Crippen molar-refractivity contribution in [2.24, 2.45) is 0 Å². The number of nitrogens with one attached hydrogen (secondary N) is 2. The maximum atomic E-state index is 11.8. The first-order chi connectivity index (χ1) is 8.53. The molecule has 0 radical (unpaired) electrons. The van der Waals surface area contributed by atoms with Crippen molar-refractivity contribution in [3.63, 3.8) is 0 Å². The molecule has 0 aliphatic heterocycles. The summed E-state index contributed by atoms with van der Waals surface area (Å²) < 4.78 is 0. The number of urea groups is 1. The summed E-state index contributed by atoms with van der Waals surface area (Å²) in [4.78, 5) is 22.8. The van der Waals surface area contributed by atoms with E-state index in [0.717, 1.165) is 31.4 Å². The largest absolute Gasteiger partial charge is 0.480 e. The molecule has 1 atom stereocenters. The summed E-state index contributed by atoms with van der Waals surface area (Å²) in [6.07, 6.45) is 6.35. The fourth-order valence-corrected chi connectivity index (χ4v) is 2.57. The molecule has 0 saturated heterocycles. The van der Waals surface area contributed by atoms with Crippen LogP contribution in [0.25, 0.3) is 0 Å². The molecule has 1 saturated carbocycles. The van der Waals surface area contributed by atoms with E-state index >= 15 is 0 Å².